The van der Waals surface area contributed by atoms with Crippen LogP contribution in [0.1, 0.15) is 23.6 Å². The third-order valence-electron chi connectivity index (χ3n) is 2.14. The fourth-order valence-corrected chi connectivity index (χ4v) is 2.16. The van der Waals surface area contributed by atoms with Crippen LogP contribution in [-0.4, -0.2) is 11.1 Å². The number of nitriles is 1. The molecule has 78 valence electrons. The minimum atomic E-state index is -0.901. The molecule has 0 saturated carbocycles. The van der Waals surface area contributed by atoms with E-state index in [0.29, 0.717) is 11.1 Å². The van der Waals surface area contributed by atoms with Gasteiger partial charge in [0.2, 0.25) is 0 Å². The lowest BCUT2D eigenvalue weighted by Gasteiger charge is -2.08. The Balaban J connectivity index is 3.31. The molecule has 1 aromatic rings. The predicted molar refractivity (Wildman–Crippen MR) is 64.6 cm³/mol. The van der Waals surface area contributed by atoms with Gasteiger partial charge in [0.15, 0.2) is 0 Å². The second-order valence-corrected chi connectivity index (χ2v) is 4.37. The highest BCUT2D eigenvalue weighted by atomic mass is 127. The van der Waals surface area contributed by atoms with Crippen molar-refractivity contribution < 1.29 is 9.90 Å². The van der Waals surface area contributed by atoms with Crippen LogP contribution in [0, 0.1) is 14.9 Å². The van der Waals surface area contributed by atoms with Gasteiger partial charge in [0.25, 0.3) is 0 Å². The smallest absolute Gasteiger partial charge is 0.307 e. The van der Waals surface area contributed by atoms with E-state index in [4.69, 9.17) is 10.4 Å². The second kappa shape index (κ2) is 5.12. The lowest BCUT2D eigenvalue weighted by Crippen LogP contribution is -2.06. The van der Waals surface area contributed by atoms with Gasteiger partial charge in [0, 0.05) is 3.57 Å². The minimum Gasteiger partial charge on any atom is -0.481 e. The number of halogens is 1. The highest BCUT2D eigenvalue weighted by molar-refractivity contribution is 14.1. The van der Waals surface area contributed by atoms with E-state index < -0.39 is 5.97 Å². The van der Waals surface area contributed by atoms with Crippen LogP contribution >= 0.6 is 22.6 Å². The van der Waals surface area contributed by atoms with Gasteiger partial charge in [-0.25, -0.2) is 0 Å². The van der Waals surface area contributed by atoms with Crippen LogP contribution in [0.2, 0.25) is 0 Å². The molecule has 0 saturated heterocycles. The molecule has 0 bridgehead atoms. The number of benzene rings is 1. The van der Waals surface area contributed by atoms with Gasteiger partial charge >= 0.3 is 5.97 Å². The molecule has 0 radical (unpaired) electrons. The topological polar surface area (TPSA) is 61.1 Å². The molecular weight excluding hydrogens is 305 g/mol. The normalized spacial score (nSPS) is 9.67. The molecule has 1 rings (SSSR count). The van der Waals surface area contributed by atoms with E-state index in [1.165, 1.54) is 0 Å². The Hall–Kier alpha value is -1.09. The van der Waals surface area contributed by atoms with E-state index in [-0.39, 0.29) is 6.42 Å². The first-order valence-corrected chi connectivity index (χ1v) is 5.59. The zero-order valence-corrected chi connectivity index (χ0v) is 10.4. The van der Waals surface area contributed by atoms with Crippen molar-refractivity contribution in [3.8, 4) is 6.07 Å². The number of rotatable bonds is 3. The molecule has 3 nitrogen and oxygen atoms in total. The molecule has 0 aliphatic heterocycles. The number of carboxylic acid groups (broad SMARTS) is 1. The summed E-state index contributed by atoms with van der Waals surface area (Å²) in [6, 6.07) is 5.70. The highest BCUT2D eigenvalue weighted by Crippen LogP contribution is 2.20. The Morgan fingerprint density at radius 2 is 2.27 bits per heavy atom. The average Bonchev–Trinajstić information content (AvgIpc) is 2.19. The quantitative estimate of drug-likeness (QED) is 0.871. The predicted octanol–water partition coefficient (Wildman–Crippen LogP) is 2.35. The SMILES string of the molecule is CCc1cc(I)cc(C#N)c1CC(=O)O. The van der Waals surface area contributed by atoms with Crippen LogP contribution in [-0.2, 0) is 17.6 Å². The number of hydrogen-bond acceptors (Lipinski definition) is 2. The van der Waals surface area contributed by atoms with Crippen LogP contribution in [0.15, 0.2) is 12.1 Å². The van der Waals surface area contributed by atoms with Crippen LogP contribution in [0.4, 0.5) is 0 Å². The molecule has 0 heterocycles. The maximum atomic E-state index is 10.7. The Morgan fingerprint density at radius 1 is 1.60 bits per heavy atom. The summed E-state index contributed by atoms with van der Waals surface area (Å²) in [4.78, 5) is 10.7. The van der Waals surface area contributed by atoms with E-state index >= 15 is 0 Å². The van der Waals surface area contributed by atoms with Crippen LogP contribution in [0.25, 0.3) is 0 Å². The summed E-state index contributed by atoms with van der Waals surface area (Å²) in [5.41, 5.74) is 2.06. The third-order valence-corrected chi connectivity index (χ3v) is 2.76. The van der Waals surface area contributed by atoms with Gasteiger partial charge in [-0.1, -0.05) is 6.92 Å². The van der Waals surface area contributed by atoms with E-state index in [9.17, 15) is 4.79 Å². The number of carboxylic acids is 1. The zero-order valence-electron chi connectivity index (χ0n) is 8.25. The molecule has 0 aliphatic rings. The summed E-state index contributed by atoms with van der Waals surface area (Å²) in [7, 11) is 0. The van der Waals surface area contributed by atoms with E-state index in [0.717, 1.165) is 15.6 Å². The van der Waals surface area contributed by atoms with Crippen molar-refractivity contribution in [3.05, 3.63) is 32.4 Å². The molecule has 0 atom stereocenters. The first-order chi connectivity index (χ1) is 7.08. The maximum absolute atomic E-state index is 10.7. The molecule has 0 unspecified atom stereocenters. The summed E-state index contributed by atoms with van der Waals surface area (Å²) < 4.78 is 0.968. The fourth-order valence-electron chi connectivity index (χ4n) is 1.47. The summed E-state index contributed by atoms with van der Waals surface area (Å²) in [5.74, 6) is -0.901. The molecule has 0 aromatic heterocycles. The standard InChI is InChI=1S/C11H10INO2/c1-2-7-3-9(12)4-8(6-13)10(7)5-11(14)15/h3-4H,2,5H2,1H3,(H,14,15). The van der Waals surface area contributed by atoms with Crippen molar-refractivity contribution in [2.45, 2.75) is 19.8 Å². The highest BCUT2D eigenvalue weighted by Gasteiger charge is 2.12. The number of aliphatic carboxylic acids is 1. The minimum absolute atomic E-state index is 0.0804. The molecule has 1 N–H and O–H groups in total. The maximum Gasteiger partial charge on any atom is 0.307 e. The number of aryl methyl sites for hydroxylation is 1. The van der Waals surface area contributed by atoms with Crippen molar-refractivity contribution in [2.24, 2.45) is 0 Å². The molecular formula is C11H10INO2. The Kier molecular flexibility index (Phi) is 4.09. The van der Waals surface area contributed by atoms with Gasteiger partial charge in [0.1, 0.15) is 0 Å². The van der Waals surface area contributed by atoms with Crippen molar-refractivity contribution >= 4 is 28.6 Å². The van der Waals surface area contributed by atoms with E-state index in [2.05, 4.69) is 22.6 Å². The van der Waals surface area contributed by atoms with Crippen molar-refractivity contribution in [3.63, 3.8) is 0 Å². The Labute approximate surface area is 102 Å². The third kappa shape index (κ3) is 2.93. The second-order valence-electron chi connectivity index (χ2n) is 3.13. The van der Waals surface area contributed by atoms with Gasteiger partial charge in [-0.05, 0) is 52.3 Å². The summed E-state index contributed by atoms with van der Waals surface area (Å²) in [6.45, 7) is 1.96. The molecule has 4 heteroatoms. The lowest BCUT2D eigenvalue weighted by molar-refractivity contribution is -0.136. The van der Waals surface area contributed by atoms with Gasteiger partial charge in [-0.15, -0.1) is 0 Å². The molecule has 15 heavy (non-hydrogen) atoms. The van der Waals surface area contributed by atoms with Gasteiger partial charge in [-0.2, -0.15) is 5.26 Å². The first kappa shape index (κ1) is 12.0. The van der Waals surface area contributed by atoms with E-state index in [1.54, 1.807) is 6.07 Å². The number of carbonyl (C=O) groups is 1. The summed E-state index contributed by atoms with van der Waals surface area (Å²) in [6.07, 6.45) is 0.664. The van der Waals surface area contributed by atoms with E-state index in [1.807, 2.05) is 19.1 Å². The average molecular weight is 315 g/mol. The fraction of sp³-hybridized carbons (Fsp3) is 0.273. The number of nitrogens with zero attached hydrogens (tertiary/aromatic N) is 1. The summed E-state index contributed by atoms with van der Waals surface area (Å²) >= 11 is 2.13. The monoisotopic (exact) mass is 315 g/mol. The molecule has 0 spiro atoms. The molecule has 1 aromatic carbocycles. The van der Waals surface area contributed by atoms with Crippen molar-refractivity contribution in [1.29, 1.82) is 5.26 Å². The molecule has 0 fully saturated rings. The number of hydrogen-bond donors (Lipinski definition) is 1. The zero-order chi connectivity index (χ0) is 11.4. The first-order valence-electron chi connectivity index (χ1n) is 4.51. The Bertz CT molecular complexity index is 435. The Morgan fingerprint density at radius 3 is 2.73 bits per heavy atom. The van der Waals surface area contributed by atoms with Gasteiger partial charge < -0.3 is 5.11 Å². The van der Waals surface area contributed by atoms with Crippen LogP contribution < -0.4 is 0 Å². The van der Waals surface area contributed by atoms with Crippen LogP contribution in [0.5, 0.6) is 0 Å². The largest absolute Gasteiger partial charge is 0.481 e. The van der Waals surface area contributed by atoms with Gasteiger partial charge in [0.05, 0.1) is 18.1 Å². The van der Waals surface area contributed by atoms with Crippen LogP contribution in [0.3, 0.4) is 0 Å². The lowest BCUT2D eigenvalue weighted by atomic mass is 9.97. The van der Waals surface area contributed by atoms with Crippen molar-refractivity contribution in [1.82, 2.24) is 0 Å². The van der Waals surface area contributed by atoms with Gasteiger partial charge in [-0.3, -0.25) is 4.79 Å². The summed E-state index contributed by atoms with van der Waals surface area (Å²) in [5, 5.41) is 17.7. The van der Waals surface area contributed by atoms with Crippen molar-refractivity contribution in [2.75, 3.05) is 0 Å². The molecule has 0 amide bonds. The molecule has 0 aliphatic carbocycles.